The highest BCUT2D eigenvalue weighted by Crippen LogP contribution is 2.33. The molecular weight excluding hydrogens is 497 g/mol. The van der Waals surface area contributed by atoms with Gasteiger partial charge in [-0.3, -0.25) is 0 Å². The molecule has 0 saturated heterocycles. The number of β-amino-alcohol motifs (C(OH)–C–C–N with tert-alkyl or cyclic N) is 1. The topological polar surface area (TPSA) is 88.0 Å². The van der Waals surface area contributed by atoms with Crippen molar-refractivity contribution < 1.29 is 28.9 Å². The summed E-state index contributed by atoms with van der Waals surface area (Å²) in [6.45, 7) is 6.14. The fourth-order valence-electron chi connectivity index (χ4n) is 4.15. The Morgan fingerprint density at radius 1 is 1.14 bits per heavy atom. The van der Waals surface area contributed by atoms with Crippen molar-refractivity contribution in [1.82, 2.24) is 5.32 Å². The summed E-state index contributed by atoms with van der Waals surface area (Å²) < 4.78 is 25.5. The third-order valence-corrected chi connectivity index (χ3v) is 6.38. The molecule has 0 saturated carbocycles. The van der Waals surface area contributed by atoms with Crippen LogP contribution in [-0.4, -0.2) is 48.1 Å². The first kappa shape index (κ1) is 28.6. The Morgan fingerprint density at radius 2 is 1.86 bits per heavy atom. The minimum Gasteiger partial charge on any atom is -0.496 e. The fraction of sp³-hybridized carbons (Fsp3) is 0.345. The zero-order valence-corrected chi connectivity index (χ0v) is 22.2. The third kappa shape index (κ3) is 7.76. The number of rotatable bonds is 12. The van der Waals surface area contributed by atoms with Crippen LogP contribution in [0.1, 0.15) is 48.4 Å². The van der Waals surface area contributed by atoms with Crippen LogP contribution < -0.4 is 10.1 Å². The number of halogens is 2. The second-order valence-corrected chi connectivity index (χ2v) is 10.1. The van der Waals surface area contributed by atoms with Crippen LogP contribution in [0.15, 0.2) is 60.7 Å². The Morgan fingerprint density at radius 3 is 2.54 bits per heavy atom. The van der Waals surface area contributed by atoms with Crippen molar-refractivity contribution in [1.29, 1.82) is 0 Å². The van der Waals surface area contributed by atoms with Crippen LogP contribution in [0.2, 0.25) is 5.02 Å². The summed E-state index contributed by atoms with van der Waals surface area (Å²) >= 11 is 5.84. The van der Waals surface area contributed by atoms with E-state index in [-0.39, 0.29) is 36.4 Å². The number of aliphatic hydroxyl groups excluding tert-OH is 1. The second-order valence-electron chi connectivity index (χ2n) is 9.61. The summed E-state index contributed by atoms with van der Waals surface area (Å²) in [5, 5.41) is 23.6. The van der Waals surface area contributed by atoms with E-state index >= 15 is 0 Å². The van der Waals surface area contributed by atoms with Crippen LogP contribution >= 0.6 is 11.6 Å². The monoisotopic (exact) mass is 529 g/mol. The lowest BCUT2D eigenvalue weighted by Crippen LogP contribution is -2.46. The zero-order valence-electron chi connectivity index (χ0n) is 21.4. The lowest BCUT2D eigenvalue weighted by molar-refractivity contribution is -0.00398. The molecule has 3 N–H and O–H groups in total. The van der Waals surface area contributed by atoms with Gasteiger partial charge in [-0.25, -0.2) is 9.18 Å². The molecule has 0 bridgehead atoms. The lowest BCUT2D eigenvalue weighted by atomic mass is 9.94. The summed E-state index contributed by atoms with van der Waals surface area (Å²) in [5.74, 6) is -1.14. The molecule has 0 spiro atoms. The molecule has 6 nitrogen and oxygen atoms in total. The number of hydrogen-bond donors (Lipinski definition) is 3. The lowest BCUT2D eigenvalue weighted by Gasteiger charge is -2.28. The molecule has 0 aliphatic rings. The molecule has 0 unspecified atom stereocenters. The zero-order chi connectivity index (χ0) is 27.2. The average molecular weight is 530 g/mol. The minimum absolute atomic E-state index is 0.0883. The van der Waals surface area contributed by atoms with Crippen molar-refractivity contribution in [2.24, 2.45) is 0 Å². The third-order valence-electron chi connectivity index (χ3n) is 6.14. The highest BCUT2D eigenvalue weighted by atomic mass is 35.5. The van der Waals surface area contributed by atoms with Gasteiger partial charge in [0.2, 0.25) is 0 Å². The van der Waals surface area contributed by atoms with Gasteiger partial charge < -0.3 is 25.0 Å². The highest BCUT2D eigenvalue weighted by Gasteiger charge is 2.22. The molecule has 37 heavy (non-hydrogen) atoms. The predicted octanol–water partition coefficient (Wildman–Crippen LogP) is 5.90. The van der Waals surface area contributed by atoms with E-state index in [9.17, 15) is 19.4 Å². The van der Waals surface area contributed by atoms with Gasteiger partial charge in [-0.15, -0.1) is 0 Å². The van der Waals surface area contributed by atoms with E-state index in [1.54, 1.807) is 24.3 Å². The largest absolute Gasteiger partial charge is 0.496 e. The van der Waals surface area contributed by atoms with Crippen LogP contribution in [0.4, 0.5) is 4.39 Å². The van der Waals surface area contributed by atoms with E-state index < -0.39 is 17.6 Å². The normalized spacial score (nSPS) is 13.3. The first-order valence-electron chi connectivity index (χ1n) is 12.0. The van der Waals surface area contributed by atoms with E-state index in [4.69, 9.17) is 21.1 Å². The molecule has 0 aliphatic heterocycles. The number of methoxy groups -OCH3 is 1. The summed E-state index contributed by atoms with van der Waals surface area (Å²) in [7, 11) is 1.44. The van der Waals surface area contributed by atoms with Crippen molar-refractivity contribution in [3.8, 4) is 16.9 Å². The second kappa shape index (κ2) is 12.5. The number of carbonyl (C=O) groups is 1. The molecule has 198 valence electrons. The molecule has 0 amide bonds. The molecule has 3 aromatic rings. The minimum atomic E-state index is -1.06. The van der Waals surface area contributed by atoms with E-state index in [2.05, 4.69) is 5.32 Å². The van der Waals surface area contributed by atoms with Gasteiger partial charge in [0.15, 0.2) is 0 Å². The molecule has 3 rings (SSSR count). The SMILES string of the molecule is COc1cc(-c2ccccc2[C@@H](C)OC[C@H](O)CNC(C)(C)Cc2ccc(Cl)cc2F)ccc1C(=O)O. The van der Waals surface area contributed by atoms with Gasteiger partial charge >= 0.3 is 5.97 Å². The van der Waals surface area contributed by atoms with Gasteiger partial charge in [0, 0.05) is 17.1 Å². The molecule has 0 aromatic heterocycles. The number of aliphatic hydroxyl groups is 1. The molecule has 2 atom stereocenters. The average Bonchev–Trinajstić information content (AvgIpc) is 2.87. The van der Waals surface area contributed by atoms with Gasteiger partial charge in [0.05, 0.1) is 25.9 Å². The van der Waals surface area contributed by atoms with Crippen molar-refractivity contribution in [2.75, 3.05) is 20.3 Å². The fourth-order valence-corrected chi connectivity index (χ4v) is 4.31. The van der Waals surface area contributed by atoms with Crippen molar-refractivity contribution in [3.05, 3.63) is 88.2 Å². The van der Waals surface area contributed by atoms with Crippen molar-refractivity contribution >= 4 is 17.6 Å². The number of nitrogens with one attached hydrogen (secondary N) is 1. The maximum Gasteiger partial charge on any atom is 0.339 e. The summed E-state index contributed by atoms with van der Waals surface area (Å²) in [4.78, 5) is 11.4. The standard InChI is InChI=1S/C29H33ClFNO5/c1-18(23-7-5-6-8-24(23)19-10-12-25(28(34)35)27(13-19)36-4)37-17-22(33)16-32-29(2,3)15-20-9-11-21(30)14-26(20)31/h5-14,18,22,32-33H,15-17H2,1-4H3,(H,34,35)/t18-,22-/m1/s1. The van der Waals surface area contributed by atoms with Crippen LogP contribution in [0.3, 0.4) is 0 Å². The number of ether oxygens (including phenoxy) is 2. The molecule has 0 radical (unpaired) electrons. The van der Waals surface area contributed by atoms with Crippen molar-refractivity contribution in [3.63, 3.8) is 0 Å². The molecule has 0 heterocycles. The maximum atomic E-state index is 14.2. The smallest absolute Gasteiger partial charge is 0.339 e. The number of benzene rings is 3. The molecule has 0 aliphatic carbocycles. The van der Waals surface area contributed by atoms with Gasteiger partial charge in [-0.1, -0.05) is 48.0 Å². The maximum absolute atomic E-state index is 14.2. The van der Waals surface area contributed by atoms with Crippen LogP contribution in [0.5, 0.6) is 5.75 Å². The Balaban J connectivity index is 1.61. The summed E-state index contributed by atoms with van der Waals surface area (Å²) in [6.07, 6.45) is -0.691. The molecular formula is C29H33ClFNO5. The Bertz CT molecular complexity index is 1230. The number of carboxylic acid groups (broad SMARTS) is 1. The molecule has 0 fully saturated rings. The Hall–Kier alpha value is -2.97. The Kier molecular flexibility index (Phi) is 9.68. The number of hydrogen-bond acceptors (Lipinski definition) is 5. The summed E-state index contributed by atoms with van der Waals surface area (Å²) in [5.41, 5.74) is 2.74. The number of aromatic carboxylic acids is 1. The first-order valence-corrected chi connectivity index (χ1v) is 12.4. The van der Waals surface area contributed by atoms with Gasteiger partial charge in [0.25, 0.3) is 0 Å². The molecule has 8 heteroatoms. The Labute approximate surface area is 222 Å². The summed E-state index contributed by atoms with van der Waals surface area (Å²) in [6, 6.07) is 17.2. The van der Waals surface area contributed by atoms with Crippen LogP contribution in [0, 0.1) is 5.82 Å². The van der Waals surface area contributed by atoms with E-state index in [1.807, 2.05) is 45.0 Å². The van der Waals surface area contributed by atoms with Crippen LogP contribution in [-0.2, 0) is 11.2 Å². The quantitative estimate of drug-likeness (QED) is 0.271. The van der Waals surface area contributed by atoms with Gasteiger partial charge in [-0.05, 0) is 73.7 Å². The number of carboxylic acids is 1. The van der Waals surface area contributed by atoms with Crippen molar-refractivity contribution in [2.45, 2.75) is 44.9 Å². The van der Waals surface area contributed by atoms with Gasteiger partial charge in [-0.2, -0.15) is 0 Å². The van der Waals surface area contributed by atoms with Crippen LogP contribution in [0.25, 0.3) is 11.1 Å². The first-order chi connectivity index (χ1) is 17.5. The predicted molar refractivity (Wildman–Crippen MR) is 143 cm³/mol. The highest BCUT2D eigenvalue weighted by molar-refractivity contribution is 6.30. The van der Waals surface area contributed by atoms with E-state index in [1.165, 1.54) is 19.2 Å². The van der Waals surface area contributed by atoms with E-state index in [0.717, 1.165) is 16.7 Å². The molecule has 3 aromatic carbocycles. The van der Waals surface area contributed by atoms with Gasteiger partial charge in [0.1, 0.15) is 17.1 Å². The van der Waals surface area contributed by atoms with E-state index in [0.29, 0.717) is 17.0 Å².